The van der Waals surface area contributed by atoms with Crippen molar-refractivity contribution in [3.05, 3.63) is 53.7 Å². The Morgan fingerprint density at radius 3 is 2.58 bits per heavy atom. The van der Waals surface area contributed by atoms with E-state index in [9.17, 15) is 14.8 Å². The lowest BCUT2D eigenvalue weighted by Crippen LogP contribution is -2.20. The third kappa shape index (κ3) is 1.38. The van der Waals surface area contributed by atoms with Gasteiger partial charge in [0.05, 0.1) is 22.2 Å². The molecule has 7 heteroatoms. The molecule has 6 rings (SSSR count). The van der Waals surface area contributed by atoms with Crippen molar-refractivity contribution in [3.63, 3.8) is 0 Å². The number of carbonyl (C=O) groups excluding carboxylic acids is 2. The number of pyridine rings is 1. The van der Waals surface area contributed by atoms with E-state index in [0.717, 1.165) is 15.6 Å². The molecule has 0 saturated heterocycles. The number of rotatable bonds is 0. The third-order valence-electron chi connectivity index (χ3n) is 5.05. The number of carbonyl (C=O) groups is 2. The SMILES string of the molecule is O=C1NC(=O)c2c1c1c3cccn(O)c-3nc1c1[nH]c3ccccc3c21. The van der Waals surface area contributed by atoms with Crippen molar-refractivity contribution in [1.29, 1.82) is 0 Å². The highest BCUT2D eigenvalue weighted by atomic mass is 16.5. The molecule has 3 N–H and O–H groups in total. The van der Waals surface area contributed by atoms with Crippen LogP contribution < -0.4 is 5.32 Å². The van der Waals surface area contributed by atoms with E-state index < -0.39 is 11.8 Å². The Morgan fingerprint density at radius 1 is 0.962 bits per heavy atom. The molecular formula is C19H10N4O3. The summed E-state index contributed by atoms with van der Waals surface area (Å²) in [5.41, 5.74) is 3.39. The maximum atomic E-state index is 12.6. The number of amides is 2. The smallest absolute Gasteiger partial charge is 0.259 e. The number of nitrogens with one attached hydrogen (secondary N) is 2. The van der Waals surface area contributed by atoms with Crippen molar-refractivity contribution >= 4 is 44.5 Å². The summed E-state index contributed by atoms with van der Waals surface area (Å²) in [6, 6.07) is 11.1. The van der Waals surface area contributed by atoms with Gasteiger partial charge in [0.2, 0.25) is 0 Å². The van der Waals surface area contributed by atoms with Gasteiger partial charge in [-0.05, 0) is 18.2 Å². The Morgan fingerprint density at radius 2 is 1.73 bits per heavy atom. The van der Waals surface area contributed by atoms with Gasteiger partial charge < -0.3 is 10.2 Å². The first kappa shape index (κ1) is 13.4. The average Bonchev–Trinajstić information content (AvgIpc) is 3.27. The van der Waals surface area contributed by atoms with Crippen LogP contribution in [-0.4, -0.2) is 31.7 Å². The fraction of sp³-hybridized carbons (Fsp3) is 0. The minimum atomic E-state index is -0.440. The molecule has 0 radical (unpaired) electrons. The van der Waals surface area contributed by atoms with Crippen LogP contribution in [0.3, 0.4) is 0 Å². The minimum absolute atomic E-state index is 0.316. The molecule has 0 unspecified atom stereocenters. The number of benzene rings is 2. The quantitative estimate of drug-likeness (QED) is 0.297. The summed E-state index contributed by atoms with van der Waals surface area (Å²) in [4.78, 5) is 33.0. The van der Waals surface area contributed by atoms with Crippen LogP contribution in [0.4, 0.5) is 0 Å². The number of hydrogen-bond donors (Lipinski definition) is 3. The van der Waals surface area contributed by atoms with E-state index in [-0.39, 0.29) is 0 Å². The van der Waals surface area contributed by atoms with Crippen LogP contribution in [-0.2, 0) is 0 Å². The second-order valence-electron chi connectivity index (χ2n) is 6.38. The van der Waals surface area contributed by atoms with Crippen LogP contribution in [0.2, 0.25) is 0 Å². The molecule has 0 aliphatic carbocycles. The second kappa shape index (κ2) is 4.20. The van der Waals surface area contributed by atoms with Gasteiger partial charge in [-0.3, -0.25) is 14.9 Å². The molecule has 7 nitrogen and oxygen atoms in total. The molecule has 0 saturated carbocycles. The fourth-order valence-corrected chi connectivity index (χ4v) is 4.03. The van der Waals surface area contributed by atoms with Gasteiger partial charge in [0.1, 0.15) is 0 Å². The summed E-state index contributed by atoms with van der Waals surface area (Å²) in [6.07, 6.45) is 1.47. The maximum Gasteiger partial charge on any atom is 0.259 e. The number of imide groups is 1. The number of aromatic amines is 1. The highest BCUT2D eigenvalue weighted by molar-refractivity contribution is 6.37. The molecule has 1 aromatic heterocycles. The highest BCUT2D eigenvalue weighted by Gasteiger charge is 2.36. The Labute approximate surface area is 145 Å². The lowest BCUT2D eigenvalue weighted by atomic mass is 9.96. The van der Waals surface area contributed by atoms with Crippen LogP contribution in [0.25, 0.3) is 44.1 Å². The Balaban J connectivity index is 2.01. The van der Waals surface area contributed by atoms with E-state index in [4.69, 9.17) is 0 Å². The zero-order valence-corrected chi connectivity index (χ0v) is 13.2. The molecular weight excluding hydrogens is 332 g/mol. The number of fused-ring (bicyclic) bond motifs is 10. The number of H-pyrrole nitrogens is 1. The van der Waals surface area contributed by atoms with Crippen LogP contribution in [0.1, 0.15) is 20.7 Å². The molecule has 3 aliphatic heterocycles. The molecule has 3 aromatic rings. The van der Waals surface area contributed by atoms with E-state index >= 15 is 0 Å². The summed E-state index contributed by atoms with van der Waals surface area (Å²) >= 11 is 0. The van der Waals surface area contributed by atoms with Gasteiger partial charge in [0, 0.05) is 33.4 Å². The van der Waals surface area contributed by atoms with E-state index in [1.807, 2.05) is 24.3 Å². The summed E-state index contributed by atoms with van der Waals surface area (Å²) in [5, 5.41) is 14.6. The molecule has 2 amide bonds. The third-order valence-corrected chi connectivity index (χ3v) is 5.05. The molecule has 0 fully saturated rings. The molecule has 0 atom stereocenters. The summed E-state index contributed by atoms with van der Waals surface area (Å²) in [5.74, 6) is -0.517. The molecule has 3 aliphatic rings. The van der Waals surface area contributed by atoms with Gasteiger partial charge >= 0.3 is 0 Å². The van der Waals surface area contributed by atoms with Crippen molar-refractivity contribution < 1.29 is 14.8 Å². The zero-order chi connectivity index (χ0) is 17.6. The molecule has 0 spiro atoms. The minimum Gasteiger partial charge on any atom is -0.427 e. The summed E-state index contributed by atoms with van der Waals surface area (Å²) in [7, 11) is 0. The van der Waals surface area contributed by atoms with Crippen LogP contribution in [0.15, 0.2) is 42.6 Å². The van der Waals surface area contributed by atoms with Crippen molar-refractivity contribution in [1.82, 2.24) is 20.0 Å². The second-order valence-corrected chi connectivity index (χ2v) is 6.38. The van der Waals surface area contributed by atoms with Crippen molar-refractivity contribution in [2.24, 2.45) is 0 Å². The molecule has 4 heterocycles. The molecule has 0 bridgehead atoms. The van der Waals surface area contributed by atoms with E-state index in [2.05, 4.69) is 15.3 Å². The standard InChI is InChI=1S/C19H10N4O3/c24-18-13-11-8-4-1-2-6-10(8)20-15(11)16-12(14(13)19(25)22-18)9-5-3-7-23(26)17(9)21-16/h1-7,20,26H,(H,22,24,25). The predicted molar refractivity (Wildman–Crippen MR) is 94.7 cm³/mol. The van der Waals surface area contributed by atoms with Gasteiger partial charge in [-0.25, -0.2) is 4.98 Å². The van der Waals surface area contributed by atoms with E-state index in [1.165, 1.54) is 6.20 Å². The number of hydrogen-bond acceptors (Lipinski definition) is 4. The van der Waals surface area contributed by atoms with Crippen LogP contribution >= 0.6 is 0 Å². The van der Waals surface area contributed by atoms with Gasteiger partial charge in [-0.15, -0.1) is 0 Å². The lowest BCUT2D eigenvalue weighted by molar-refractivity contribution is 0.0880. The first-order valence-electron chi connectivity index (χ1n) is 8.07. The van der Waals surface area contributed by atoms with Crippen LogP contribution in [0.5, 0.6) is 0 Å². The normalized spacial score (nSPS) is 14.0. The summed E-state index contributed by atoms with van der Waals surface area (Å²) in [6.45, 7) is 0. The summed E-state index contributed by atoms with van der Waals surface area (Å²) < 4.78 is 0.922. The lowest BCUT2D eigenvalue weighted by Gasteiger charge is -2.04. The molecule has 124 valence electrons. The van der Waals surface area contributed by atoms with E-state index in [1.54, 1.807) is 12.1 Å². The van der Waals surface area contributed by atoms with Crippen LogP contribution in [0, 0.1) is 0 Å². The van der Waals surface area contributed by atoms with Gasteiger partial charge in [0.15, 0.2) is 5.82 Å². The van der Waals surface area contributed by atoms with Gasteiger partial charge in [-0.1, -0.05) is 18.2 Å². The Bertz CT molecular complexity index is 1410. The first-order chi connectivity index (χ1) is 12.6. The van der Waals surface area contributed by atoms with Crippen molar-refractivity contribution in [3.8, 4) is 11.4 Å². The Kier molecular flexibility index (Phi) is 2.17. The van der Waals surface area contributed by atoms with Gasteiger partial charge in [-0.2, -0.15) is 4.73 Å². The van der Waals surface area contributed by atoms with E-state index in [0.29, 0.717) is 44.3 Å². The average molecular weight is 342 g/mol. The monoisotopic (exact) mass is 342 g/mol. The van der Waals surface area contributed by atoms with Crippen molar-refractivity contribution in [2.45, 2.75) is 0 Å². The highest BCUT2D eigenvalue weighted by Crippen LogP contribution is 2.43. The Hall–Kier alpha value is -3.87. The molecule has 2 aromatic carbocycles. The topological polar surface area (TPSA) is 100 Å². The number of aromatic nitrogens is 3. The first-order valence-corrected chi connectivity index (χ1v) is 8.07. The predicted octanol–water partition coefficient (Wildman–Crippen LogP) is 2.90. The maximum absolute atomic E-state index is 12.6. The number of nitrogens with zero attached hydrogens (tertiary/aromatic N) is 2. The fourth-order valence-electron chi connectivity index (χ4n) is 4.03. The largest absolute Gasteiger partial charge is 0.427 e. The molecule has 26 heavy (non-hydrogen) atoms. The number of para-hydroxylation sites is 1. The van der Waals surface area contributed by atoms with Gasteiger partial charge in [0.25, 0.3) is 11.8 Å². The van der Waals surface area contributed by atoms with Crippen molar-refractivity contribution in [2.75, 3.05) is 0 Å². The zero-order valence-electron chi connectivity index (χ0n) is 13.2.